The normalized spacial score (nSPS) is 22.1. The number of fused-ring (bicyclic) bond motifs is 1. The van der Waals surface area contributed by atoms with Crippen LogP contribution in [0.3, 0.4) is 0 Å². The maximum Gasteiger partial charge on any atom is 0.315 e. The van der Waals surface area contributed by atoms with Crippen molar-refractivity contribution in [3.05, 3.63) is 12.7 Å². The van der Waals surface area contributed by atoms with Crippen molar-refractivity contribution in [2.45, 2.75) is 106 Å². The zero-order chi connectivity index (χ0) is 37.9. The number of carbonyl (C=O) groups excluding carboxylic acids is 5. The summed E-state index contributed by atoms with van der Waals surface area (Å²) in [5.41, 5.74) is -1.54. The lowest BCUT2D eigenvalue weighted by molar-refractivity contribution is -0.145. The molecule has 0 aromatic rings. The Morgan fingerprint density at radius 3 is 2.06 bits per heavy atom. The number of likely N-dealkylation sites (N-methyl/N-ethyl adjacent to an activating group) is 1. The topological polar surface area (TPSA) is 177 Å². The third kappa shape index (κ3) is 10.0. The minimum atomic E-state index is -3.74. The number of hydrogen-bond acceptors (Lipinski definition) is 7. The van der Waals surface area contributed by atoms with E-state index in [1.165, 1.54) is 36.4 Å². The highest BCUT2D eigenvalue weighted by Crippen LogP contribution is 2.65. The van der Waals surface area contributed by atoms with Gasteiger partial charge in [0.1, 0.15) is 12.1 Å². The van der Waals surface area contributed by atoms with Crippen molar-refractivity contribution < 1.29 is 32.4 Å². The summed E-state index contributed by atoms with van der Waals surface area (Å²) in [7, 11) is 0.554. The number of nitrogens with zero attached hydrogens (tertiary/aromatic N) is 3. The van der Waals surface area contributed by atoms with E-state index in [0.29, 0.717) is 13.0 Å². The summed E-state index contributed by atoms with van der Waals surface area (Å²) >= 11 is 0. The van der Waals surface area contributed by atoms with E-state index in [-0.39, 0.29) is 36.8 Å². The lowest BCUT2D eigenvalue weighted by Crippen LogP contribution is -2.62. The Hall–Kier alpha value is -3.04. The number of rotatable bonds is 16. The molecule has 0 aromatic carbocycles. The summed E-state index contributed by atoms with van der Waals surface area (Å²) in [6.07, 6.45) is 3.08. The van der Waals surface area contributed by atoms with Crippen LogP contribution in [0.5, 0.6) is 0 Å². The zero-order valence-electron chi connectivity index (χ0n) is 31.6. The molecule has 2 rings (SSSR count). The van der Waals surface area contributed by atoms with Crippen LogP contribution < -0.4 is 21.3 Å². The molecule has 4 N–H and O–H groups in total. The van der Waals surface area contributed by atoms with Gasteiger partial charge in [-0.1, -0.05) is 81.2 Å². The Morgan fingerprint density at radius 2 is 1.57 bits per heavy atom. The van der Waals surface area contributed by atoms with Crippen LogP contribution in [0.25, 0.3) is 0 Å². The highest BCUT2D eigenvalue weighted by molar-refractivity contribution is 7.86. The van der Waals surface area contributed by atoms with Gasteiger partial charge < -0.3 is 26.2 Å². The van der Waals surface area contributed by atoms with Crippen molar-refractivity contribution in [1.29, 1.82) is 0 Å². The summed E-state index contributed by atoms with van der Waals surface area (Å²) in [5, 5.41) is 11.0. The van der Waals surface area contributed by atoms with Crippen LogP contribution in [0.4, 0.5) is 4.79 Å². The smallest absolute Gasteiger partial charge is 0.315 e. The Balaban J connectivity index is 2.35. The van der Waals surface area contributed by atoms with Crippen LogP contribution in [0.2, 0.25) is 0 Å². The van der Waals surface area contributed by atoms with Gasteiger partial charge in [0.25, 0.3) is 16.1 Å². The van der Waals surface area contributed by atoms with Crippen LogP contribution in [-0.4, -0.2) is 116 Å². The maximum atomic E-state index is 14.4. The van der Waals surface area contributed by atoms with E-state index >= 15 is 0 Å². The molecule has 1 saturated heterocycles. The van der Waals surface area contributed by atoms with E-state index < -0.39 is 74.7 Å². The number of piperidine rings is 1. The zero-order valence-corrected chi connectivity index (χ0v) is 32.4. The molecule has 280 valence electrons. The number of ketones is 1. The third-order valence-corrected chi connectivity index (χ3v) is 11.8. The first-order valence-electron chi connectivity index (χ1n) is 17.1. The van der Waals surface area contributed by atoms with E-state index in [9.17, 15) is 32.4 Å². The molecule has 49 heavy (non-hydrogen) atoms. The molecule has 5 amide bonds. The van der Waals surface area contributed by atoms with Crippen LogP contribution in [0, 0.1) is 28.1 Å². The van der Waals surface area contributed by atoms with Gasteiger partial charge in [0.2, 0.25) is 17.6 Å². The van der Waals surface area contributed by atoms with E-state index in [1.54, 1.807) is 0 Å². The van der Waals surface area contributed by atoms with Gasteiger partial charge in [0.15, 0.2) is 0 Å². The van der Waals surface area contributed by atoms with E-state index in [1.807, 2.05) is 62.3 Å². The van der Waals surface area contributed by atoms with Gasteiger partial charge in [-0.05, 0) is 34.5 Å². The van der Waals surface area contributed by atoms with Crippen LogP contribution >= 0.6 is 0 Å². The fourth-order valence-electron chi connectivity index (χ4n) is 6.47. The van der Waals surface area contributed by atoms with Gasteiger partial charge in [-0.3, -0.25) is 19.2 Å². The number of amides is 5. The van der Waals surface area contributed by atoms with Gasteiger partial charge in [-0.2, -0.15) is 17.0 Å². The van der Waals surface area contributed by atoms with Gasteiger partial charge >= 0.3 is 6.03 Å². The second-order valence-corrected chi connectivity index (χ2v) is 18.6. The van der Waals surface area contributed by atoms with Gasteiger partial charge in [0.05, 0.1) is 6.04 Å². The fraction of sp³-hybridized carbons (Fsp3) is 0.794. The first-order valence-corrected chi connectivity index (χ1v) is 18.5. The molecular formula is C34H61N7O7S. The number of urea groups is 1. The molecule has 0 spiro atoms. The molecule has 0 aromatic heterocycles. The average molecular weight is 712 g/mol. The monoisotopic (exact) mass is 711 g/mol. The molecule has 1 aliphatic heterocycles. The Kier molecular flexibility index (Phi) is 13.7. The van der Waals surface area contributed by atoms with Gasteiger partial charge in [-0.15, -0.1) is 6.58 Å². The first-order chi connectivity index (χ1) is 22.3. The molecule has 2 fully saturated rings. The minimum absolute atomic E-state index is 0.0120. The SMILES string of the molecule is C=CCNC(=O)C(=O)C(CCCC)NC(=O)[C@@H]1[C@@H]2[C@H](CN1C(=O)[C@@H](NC(=O)N[C@H](CN(C)S(=O)(=O)N(C)C)C(C)(C)C)C(C)(C)C)C2(C)C. The third-order valence-electron chi connectivity index (χ3n) is 9.90. The van der Waals surface area contributed by atoms with E-state index in [4.69, 9.17) is 0 Å². The number of carbonyl (C=O) groups is 5. The van der Waals surface area contributed by atoms with Crippen molar-refractivity contribution >= 4 is 39.7 Å². The molecular weight excluding hydrogens is 650 g/mol. The van der Waals surface area contributed by atoms with Crippen LogP contribution in [0.1, 0.15) is 81.6 Å². The predicted molar refractivity (Wildman–Crippen MR) is 189 cm³/mol. The molecule has 1 aliphatic carbocycles. The first kappa shape index (κ1) is 42.1. The molecule has 1 unspecified atom stereocenters. The largest absolute Gasteiger partial charge is 0.346 e. The van der Waals surface area contributed by atoms with E-state index in [0.717, 1.165) is 10.7 Å². The molecule has 0 bridgehead atoms. The second-order valence-electron chi connectivity index (χ2n) is 16.4. The second kappa shape index (κ2) is 15.9. The maximum absolute atomic E-state index is 14.4. The molecule has 1 saturated carbocycles. The summed E-state index contributed by atoms with van der Waals surface area (Å²) in [4.78, 5) is 69.1. The van der Waals surface area contributed by atoms with Crippen molar-refractivity contribution in [3.63, 3.8) is 0 Å². The predicted octanol–water partition coefficient (Wildman–Crippen LogP) is 1.88. The summed E-state index contributed by atoms with van der Waals surface area (Å²) in [5.74, 6) is -2.64. The van der Waals surface area contributed by atoms with Crippen molar-refractivity contribution in [2.24, 2.45) is 28.1 Å². The van der Waals surface area contributed by atoms with Crippen LogP contribution in [-0.2, 0) is 29.4 Å². The summed E-state index contributed by atoms with van der Waals surface area (Å²) < 4.78 is 27.7. The standard InChI is InChI=1S/C34H61N7O7S/c1-14-16-17-22(26(42)29(44)35-18-15-2)36-28(43)25-24-21(34(24,9)10)19-41(25)30(45)27(33(6,7)8)38-31(46)37-23(32(3,4)5)20-40(13)49(47,48)39(11)12/h15,21-25,27H,2,14,16-20H2,1,3-13H3,(H,35,44)(H,36,43)(H2,37,38,46)/t21-,22?,23+,24-,25-,27+/m0/s1. The molecule has 0 radical (unpaired) electrons. The van der Waals surface area contributed by atoms with E-state index in [2.05, 4.69) is 27.8 Å². The van der Waals surface area contributed by atoms with Gasteiger partial charge in [0, 0.05) is 46.8 Å². The highest BCUT2D eigenvalue weighted by Gasteiger charge is 2.70. The Labute approximate surface area is 293 Å². The quantitative estimate of drug-likeness (QED) is 0.140. The molecule has 2 aliphatic rings. The number of Topliss-reactive ketones (excluding diaryl/α,β-unsaturated/α-hetero) is 1. The molecule has 1 heterocycles. The minimum Gasteiger partial charge on any atom is -0.346 e. The summed E-state index contributed by atoms with van der Waals surface area (Å²) in [6.45, 7) is 21.0. The number of hydrogen-bond donors (Lipinski definition) is 4. The average Bonchev–Trinajstić information content (AvgIpc) is 3.29. The molecule has 6 atom stereocenters. The van der Waals surface area contributed by atoms with Crippen molar-refractivity contribution in [1.82, 2.24) is 34.8 Å². The van der Waals surface area contributed by atoms with Crippen LogP contribution in [0.15, 0.2) is 12.7 Å². The molecule has 14 nitrogen and oxygen atoms in total. The Morgan fingerprint density at radius 1 is 0.980 bits per heavy atom. The lowest BCUT2D eigenvalue weighted by atomic mass is 9.85. The molecule has 15 heteroatoms. The number of unbranched alkanes of at least 4 members (excludes halogenated alkanes) is 1. The van der Waals surface area contributed by atoms with Crippen molar-refractivity contribution in [3.8, 4) is 0 Å². The number of nitrogens with one attached hydrogen (secondary N) is 4. The Bertz CT molecular complexity index is 1370. The van der Waals surface area contributed by atoms with Crippen molar-refractivity contribution in [2.75, 3.05) is 40.8 Å². The fourth-order valence-corrected chi connectivity index (χ4v) is 7.36. The van der Waals surface area contributed by atoms with Gasteiger partial charge in [-0.25, -0.2) is 4.79 Å². The summed E-state index contributed by atoms with van der Waals surface area (Å²) in [6, 6.07) is -4.27. The number of likely N-dealkylation sites (tertiary alicyclic amines) is 1. The highest BCUT2D eigenvalue weighted by atomic mass is 32.2. The lowest BCUT2D eigenvalue weighted by Gasteiger charge is -2.39.